The zero-order valence-corrected chi connectivity index (χ0v) is 12.3. The van der Waals surface area contributed by atoms with Crippen molar-refractivity contribution in [3.8, 4) is 6.07 Å². The van der Waals surface area contributed by atoms with Crippen LogP contribution in [0, 0.1) is 11.3 Å². The smallest absolute Gasteiger partial charge is 0.322 e. The molecule has 0 spiro atoms. The zero-order valence-electron chi connectivity index (χ0n) is 12.3. The van der Waals surface area contributed by atoms with Gasteiger partial charge in [-0.15, -0.1) is 0 Å². The van der Waals surface area contributed by atoms with Gasteiger partial charge in [0.2, 0.25) is 0 Å². The summed E-state index contributed by atoms with van der Waals surface area (Å²) in [6, 6.07) is 9.35. The second kappa shape index (κ2) is 7.51. The van der Waals surface area contributed by atoms with Crippen LogP contribution in [0.25, 0.3) is 0 Å². The van der Waals surface area contributed by atoms with Gasteiger partial charge in [0, 0.05) is 24.3 Å². The summed E-state index contributed by atoms with van der Waals surface area (Å²) in [6.07, 6.45) is 0.329. The molecular weight excluding hydrogens is 252 g/mol. The van der Waals surface area contributed by atoms with Crippen molar-refractivity contribution in [3.05, 3.63) is 29.8 Å². The van der Waals surface area contributed by atoms with Crippen LogP contribution >= 0.6 is 0 Å². The van der Waals surface area contributed by atoms with Gasteiger partial charge >= 0.3 is 6.03 Å². The van der Waals surface area contributed by atoms with Crippen molar-refractivity contribution in [2.45, 2.75) is 39.3 Å². The van der Waals surface area contributed by atoms with E-state index in [9.17, 15) is 4.79 Å². The number of amides is 2. The Morgan fingerprint density at radius 2 is 1.95 bits per heavy atom. The molecule has 0 radical (unpaired) electrons. The maximum atomic E-state index is 12.2. The van der Waals surface area contributed by atoms with E-state index < -0.39 is 0 Å². The van der Waals surface area contributed by atoms with E-state index in [1.807, 2.05) is 45.0 Å². The summed E-state index contributed by atoms with van der Waals surface area (Å²) < 4.78 is 0. The van der Waals surface area contributed by atoms with Crippen LogP contribution < -0.4 is 11.1 Å². The summed E-state index contributed by atoms with van der Waals surface area (Å²) in [7, 11) is 0. The Bertz CT molecular complexity index is 474. The van der Waals surface area contributed by atoms with Crippen LogP contribution in [-0.2, 0) is 0 Å². The van der Waals surface area contributed by atoms with Gasteiger partial charge in [-0.3, -0.25) is 0 Å². The van der Waals surface area contributed by atoms with Gasteiger partial charge in [0.1, 0.15) is 0 Å². The fourth-order valence-electron chi connectivity index (χ4n) is 1.83. The average Bonchev–Trinajstić information content (AvgIpc) is 2.39. The molecule has 3 N–H and O–H groups in total. The van der Waals surface area contributed by atoms with E-state index in [1.54, 1.807) is 4.90 Å². The summed E-state index contributed by atoms with van der Waals surface area (Å²) in [4.78, 5) is 13.8. The largest absolute Gasteiger partial charge is 0.324 e. The molecular formula is C15H22N4O. The van der Waals surface area contributed by atoms with Crippen LogP contribution in [0.2, 0.25) is 0 Å². The monoisotopic (exact) mass is 274 g/mol. The highest BCUT2D eigenvalue weighted by Gasteiger charge is 2.16. The molecule has 5 nitrogen and oxygen atoms in total. The van der Waals surface area contributed by atoms with Crippen molar-refractivity contribution < 1.29 is 4.79 Å². The Kier molecular flexibility index (Phi) is 6.01. The number of nitrogens with zero attached hydrogens (tertiary/aromatic N) is 2. The standard InChI is InChI=1S/C15H22N4O/c1-11(2)19(10-4-9-16)15(20)18-14-7-5-13(6-8-14)12(3)17/h5-8,11-12H,4,10,17H2,1-3H3,(H,18,20). The molecule has 0 aliphatic rings. The number of hydrogen-bond donors (Lipinski definition) is 2. The second-order valence-electron chi connectivity index (χ2n) is 5.04. The summed E-state index contributed by atoms with van der Waals surface area (Å²) in [6.45, 7) is 6.19. The minimum Gasteiger partial charge on any atom is -0.324 e. The maximum absolute atomic E-state index is 12.2. The van der Waals surface area contributed by atoms with Crippen molar-refractivity contribution in [1.29, 1.82) is 5.26 Å². The topological polar surface area (TPSA) is 82.2 Å². The highest BCUT2D eigenvalue weighted by Crippen LogP contribution is 2.15. The van der Waals surface area contributed by atoms with Gasteiger partial charge in [0.25, 0.3) is 0 Å². The van der Waals surface area contributed by atoms with Gasteiger partial charge < -0.3 is 16.0 Å². The third kappa shape index (κ3) is 4.56. The SMILES string of the molecule is CC(N)c1ccc(NC(=O)N(CCC#N)C(C)C)cc1. The summed E-state index contributed by atoms with van der Waals surface area (Å²) in [5.41, 5.74) is 7.53. The van der Waals surface area contributed by atoms with Gasteiger partial charge in [0.05, 0.1) is 12.5 Å². The minimum absolute atomic E-state index is 0.0254. The molecule has 0 aliphatic heterocycles. The first kappa shape index (κ1) is 16.0. The van der Waals surface area contributed by atoms with Gasteiger partial charge in [-0.2, -0.15) is 5.26 Å². The number of benzene rings is 1. The van der Waals surface area contributed by atoms with Crippen molar-refractivity contribution in [2.75, 3.05) is 11.9 Å². The van der Waals surface area contributed by atoms with Crippen LogP contribution in [0.4, 0.5) is 10.5 Å². The third-order valence-corrected chi connectivity index (χ3v) is 3.04. The molecule has 1 aromatic carbocycles. The number of anilines is 1. The normalized spacial score (nSPS) is 11.8. The Morgan fingerprint density at radius 1 is 1.35 bits per heavy atom. The van der Waals surface area contributed by atoms with E-state index in [-0.39, 0.29) is 18.1 Å². The van der Waals surface area contributed by atoms with E-state index in [1.165, 1.54) is 0 Å². The van der Waals surface area contributed by atoms with Crippen molar-refractivity contribution in [3.63, 3.8) is 0 Å². The molecule has 5 heteroatoms. The number of nitrogens with one attached hydrogen (secondary N) is 1. The predicted molar refractivity (Wildman–Crippen MR) is 80.1 cm³/mol. The zero-order chi connectivity index (χ0) is 15.1. The first-order chi connectivity index (χ1) is 9.45. The van der Waals surface area contributed by atoms with Crippen molar-refractivity contribution in [2.24, 2.45) is 5.73 Å². The number of nitrogens with two attached hydrogens (primary N) is 1. The highest BCUT2D eigenvalue weighted by atomic mass is 16.2. The fraction of sp³-hybridized carbons (Fsp3) is 0.467. The molecule has 108 valence electrons. The number of rotatable bonds is 5. The van der Waals surface area contributed by atoms with Gasteiger partial charge in [-0.25, -0.2) is 4.79 Å². The molecule has 0 saturated carbocycles. The number of nitriles is 1. The van der Waals surface area contributed by atoms with E-state index in [0.29, 0.717) is 13.0 Å². The molecule has 0 heterocycles. The summed E-state index contributed by atoms with van der Waals surface area (Å²) >= 11 is 0. The number of carbonyl (C=O) groups is 1. The Balaban J connectivity index is 2.70. The molecule has 1 atom stereocenters. The number of carbonyl (C=O) groups excluding carboxylic acids is 1. The molecule has 1 unspecified atom stereocenters. The molecule has 0 saturated heterocycles. The van der Waals surface area contributed by atoms with Crippen molar-refractivity contribution >= 4 is 11.7 Å². The van der Waals surface area contributed by atoms with E-state index in [2.05, 4.69) is 11.4 Å². The Hall–Kier alpha value is -2.06. The van der Waals surface area contributed by atoms with E-state index >= 15 is 0 Å². The average molecular weight is 274 g/mol. The van der Waals surface area contributed by atoms with E-state index in [4.69, 9.17) is 11.0 Å². The van der Waals surface area contributed by atoms with Gasteiger partial charge in [-0.05, 0) is 38.5 Å². The molecule has 2 amide bonds. The predicted octanol–water partition coefficient (Wildman–Crippen LogP) is 2.86. The Labute approximate surface area is 120 Å². The van der Waals surface area contributed by atoms with Crippen molar-refractivity contribution in [1.82, 2.24) is 4.90 Å². The molecule has 0 aliphatic carbocycles. The molecule has 0 fully saturated rings. The molecule has 0 aromatic heterocycles. The second-order valence-corrected chi connectivity index (χ2v) is 5.04. The number of urea groups is 1. The lowest BCUT2D eigenvalue weighted by atomic mass is 10.1. The Morgan fingerprint density at radius 3 is 2.40 bits per heavy atom. The van der Waals surface area contributed by atoms with Crippen LogP contribution in [0.1, 0.15) is 38.8 Å². The molecule has 20 heavy (non-hydrogen) atoms. The summed E-state index contributed by atoms with van der Waals surface area (Å²) in [5.74, 6) is 0. The lowest BCUT2D eigenvalue weighted by Gasteiger charge is -2.26. The first-order valence-electron chi connectivity index (χ1n) is 6.75. The lowest BCUT2D eigenvalue weighted by Crippen LogP contribution is -2.40. The maximum Gasteiger partial charge on any atom is 0.322 e. The highest BCUT2D eigenvalue weighted by molar-refractivity contribution is 5.89. The molecule has 0 bridgehead atoms. The van der Waals surface area contributed by atoms with Crippen LogP contribution in [0.3, 0.4) is 0 Å². The van der Waals surface area contributed by atoms with E-state index in [0.717, 1.165) is 11.3 Å². The number of hydrogen-bond acceptors (Lipinski definition) is 3. The molecule has 1 rings (SSSR count). The lowest BCUT2D eigenvalue weighted by molar-refractivity contribution is 0.198. The van der Waals surface area contributed by atoms with Gasteiger partial charge in [-0.1, -0.05) is 12.1 Å². The first-order valence-corrected chi connectivity index (χ1v) is 6.75. The van der Waals surface area contributed by atoms with Crippen LogP contribution in [0.5, 0.6) is 0 Å². The summed E-state index contributed by atoms with van der Waals surface area (Å²) in [5, 5.41) is 11.5. The van der Waals surface area contributed by atoms with Gasteiger partial charge in [0.15, 0.2) is 0 Å². The van der Waals surface area contributed by atoms with Crippen LogP contribution in [-0.4, -0.2) is 23.5 Å². The minimum atomic E-state index is -0.191. The third-order valence-electron chi connectivity index (χ3n) is 3.04. The molecule has 1 aromatic rings. The quantitative estimate of drug-likeness (QED) is 0.866. The van der Waals surface area contributed by atoms with Crippen LogP contribution in [0.15, 0.2) is 24.3 Å². The fourth-order valence-corrected chi connectivity index (χ4v) is 1.83.